The number of hydrogen-bond acceptors (Lipinski definition) is 6. The summed E-state index contributed by atoms with van der Waals surface area (Å²) in [6.07, 6.45) is 1.13. The molecule has 2 aromatic rings. The van der Waals surface area contributed by atoms with Crippen molar-refractivity contribution in [3.63, 3.8) is 0 Å². The van der Waals surface area contributed by atoms with Crippen molar-refractivity contribution in [2.24, 2.45) is 0 Å². The van der Waals surface area contributed by atoms with Crippen LogP contribution in [0.2, 0.25) is 0 Å². The Morgan fingerprint density at radius 2 is 2.25 bits per heavy atom. The standard InChI is InChI=1S/C11H11N3O6/c1-4-6(9(17)14-5(2-15)11(18)19)7-8(16)12-3-13-10(7)20-4/h3,5,15H,2H2,1H3,(H,14,17)(H,18,19)(H,12,13,16)/t5-/m0/s1. The molecule has 0 aliphatic heterocycles. The van der Waals surface area contributed by atoms with Gasteiger partial charge in [-0.25, -0.2) is 9.78 Å². The monoisotopic (exact) mass is 281 g/mol. The molecule has 0 aliphatic carbocycles. The molecule has 0 spiro atoms. The summed E-state index contributed by atoms with van der Waals surface area (Å²) in [6, 6.07) is -1.47. The summed E-state index contributed by atoms with van der Waals surface area (Å²) in [4.78, 5) is 40.6. The third-order valence-electron chi connectivity index (χ3n) is 2.68. The maximum Gasteiger partial charge on any atom is 0.328 e. The number of nitrogens with zero attached hydrogens (tertiary/aromatic N) is 1. The molecule has 20 heavy (non-hydrogen) atoms. The molecule has 9 heteroatoms. The Morgan fingerprint density at radius 1 is 1.55 bits per heavy atom. The molecule has 0 aliphatic rings. The lowest BCUT2D eigenvalue weighted by atomic mass is 10.1. The van der Waals surface area contributed by atoms with E-state index in [4.69, 9.17) is 14.6 Å². The molecule has 4 N–H and O–H groups in total. The fourth-order valence-corrected chi connectivity index (χ4v) is 1.74. The largest absolute Gasteiger partial charge is 0.480 e. The summed E-state index contributed by atoms with van der Waals surface area (Å²) in [5.41, 5.74) is -0.700. The lowest BCUT2D eigenvalue weighted by molar-refractivity contribution is -0.140. The highest BCUT2D eigenvalue weighted by Crippen LogP contribution is 2.20. The first-order valence-electron chi connectivity index (χ1n) is 5.57. The van der Waals surface area contributed by atoms with Gasteiger partial charge in [-0.3, -0.25) is 9.59 Å². The van der Waals surface area contributed by atoms with Crippen molar-refractivity contribution in [3.05, 3.63) is 28.0 Å². The van der Waals surface area contributed by atoms with Gasteiger partial charge in [-0.05, 0) is 6.92 Å². The van der Waals surface area contributed by atoms with E-state index >= 15 is 0 Å². The number of carboxylic acid groups (broad SMARTS) is 1. The van der Waals surface area contributed by atoms with E-state index in [-0.39, 0.29) is 22.4 Å². The van der Waals surface area contributed by atoms with Crippen molar-refractivity contribution in [2.45, 2.75) is 13.0 Å². The Morgan fingerprint density at radius 3 is 2.85 bits per heavy atom. The van der Waals surface area contributed by atoms with Crippen molar-refractivity contribution >= 4 is 23.0 Å². The lowest BCUT2D eigenvalue weighted by Crippen LogP contribution is -2.43. The Kier molecular flexibility index (Phi) is 3.53. The minimum absolute atomic E-state index is 0.0210. The van der Waals surface area contributed by atoms with Gasteiger partial charge in [0.1, 0.15) is 11.1 Å². The third-order valence-corrected chi connectivity index (χ3v) is 2.68. The number of H-pyrrole nitrogens is 1. The van der Waals surface area contributed by atoms with Crippen molar-refractivity contribution in [1.29, 1.82) is 0 Å². The second-order valence-corrected chi connectivity index (χ2v) is 3.99. The van der Waals surface area contributed by atoms with E-state index in [1.807, 2.05) is 0 Å². The molecule has 0 bridgehead atoms. The molecule has 0 saturated carbocycles. The second kappa shape index (κ2) is 5.13. The van der Waals surface area contributed by atoms with Crippen LogP contribution in [0.15, 0.2) is 15.5 Å². The topological polar surface area (TPSA) is 146 Å². The highest BCUT2D eigenvalue weighted by molar-refractivity contribution is 6.07. The van der Waals surface area contributed by atoms with E-state index in [2.05, 4.69) is 15.3 Å². The molecule has 0 fully saturated rings. The molecule has 2 heterocycles. The number of carbonyl (C=O) groups excluding carboxylic acids is 1. The number of rotatable bonds is 4. The molecule has 2 rings (SSSR count). The van der Waals surface area contributed by atoms with Crippen molar-refractivity contribution in [2.75, 3.05) is 6.61 Å². The van der Waals surface area contributed by atoms with Crippen LogP contribution < -0.4 is 10.9 Å². The van der Waals surface area contributed by atoms with Gasteiger partial charge in [0.15, 0.2) is 6.04 Å². The van der Waals surface area contributed by atoms with Crippen LogP contribution in [0.25, 0.3) is 11.1 Å². The van der Waals surface area contributed by atoms with Gasteiger partial charge >= 0.3 is 5.97 Å². The second-order valence-electron chi connectivity index (χ2n) is 3.99. The Balaban J connectivity index is 2.47. The maximum absolute atomic E-state index is 12.0. The van der Waals surface area contributed by atoms with Crippen LogP contribution in [0.1, 0.15) is 16.1 Å². The first-order chi connectivity index (χ1) is 9.45. The first kappa shape index (κ1) is 13.7. The van der Waals surface area contributed by atoms with Crippen LogP contribution in [0, 0.1) is 6.92 Å². The van der Waals surface area contributed by atoms with E-state index in [9.17, 15) is 14.4 Å². The summed E-state index contributed by atoms with van der Waals surface area (Å²) >= 11 is 0. The fourth-order valence-electron chi connectivity index (χ4n) is 1.74. The summed E-state index contributed by atoms with van der Waals surface area (Å²) in [5.74, 6) is -2.09. The number of aryl methyl sites for hydroxylation is 1. The quantitative estimate of drug-likeness (QED) is 0.562. The molecule has 1 atom stereocenters. The minimum atomic E-state index is -1.47. The number of fused-ring (bicyclic) bond motifs is 1. The predicted molar refractivity (Wildman–Crippen MR) is 65.3 cm³/mol. The number of furan rings is 1. The van der Waals surface area contributed by atoms with Gasteiger partial charge in [-0.15, -0.1) is 0 Å². The Hall–Kier alpha value is -2.68. The molecule has 106 valence electrons. The lowest BCUT2D eigenvalue weighted by Gasteiger charge is -2.10. The summed E-state index contributed by atoms with van der Waals surface area (Å²) < 4.78 is 5.17. The van der Waals surface area contributed by atoms with E-state index in [0.717, 1.165) is 6.33 Å². The number of aromatic amines is 1. The Bertz CT molecular complexity index is 731. The molecular weight excluding hydrogens is 270 g/mol. The molecule has 1 amide bonds. The third kappa shape index (κ3) is 2.26. The highest BCUT2D eigenvalue weighted by Gasteiger charge is 2.25. The number of carbonyl (C=O) groups is 2. The predicted octanol–water partition coefficient (Wildman–Crippen LogP) is -1.00. The van der Waals surface area contributed by atoms with Crippen molar-refractivity contribution in [1.82, 2.24) is 15.3 Å². The molecule has 0 unspecified atom stereocenters. The zero-order chi connectivity index (χ0) is 14.9. The summed E-state index contributed by atoms with van der Waals surface area (Å²) in [5, 5.41) is 19.7. The van der Waals surface area contributed by atoms with Crippen LogP contribution in [0.4, 0.5) is 0 Å². The van der Waals surface area contributed by atoms with Crippen LogP contribution in [-0.2, 0) is 4.79 Å². The Labute approximate surface area is 111 Å². The first-order valence-corrected chi connectivity index (χ1v) is 5.57. The number of aliphatic carboxylic acids is 1. The molecule has 2 aromatic heterocycles. The number of aliphatic hydroxyl groups is 1. The SMILES string of the molecule is Cc1oc2nc[nH]c(=O)c2c1C(=O)N[C@@H](CO)C(=O)O. The number of aromatic nitrogens is 2. The molecule has 0 radical (unpaired) electrons. The maximum atomic E-state index is 12.0. The minimum Gasteiger partial charge on any atom is -0.480 e. The zero-order valence-electron chi connectivity index (χ0n) is 10.3. The number of aliphatic hydroxyl groups excluding tert-OH is 1. The smallest absolute Gasteiger partial charge is 0.328 e. The normalized spacial score (nSPS) is 12.3. The van der Waals surface area contributed by atoms with Gasteiger partial charge in [0.2, 0.25) is 5.71 Å². The van der Waals surface area contributed by atoms with Crippen LogP contribution >= 0.6 is 0 Å². The van der Waals surface area contributed by atoms with Gasteiger partial charge in [-0.2, -0.15) is 0 Å². The number of hydrogen-bond donors (Lipinski definition) is 4. The summed E-state index contributed by atoms with van der Waals surface area (Å²) in [6.45, 7) is 0.676. The average Bonchev–Trinajstić information content (AvgIpc) is 2.73. The van der Waals surface area contributed by atoms with Gasteiger partial charge in [0.05, 0.1) is 18.5 Å². The molecule has 0 aromatic carbocycles. The number of nitrogens with one attached hydrogen (secondary N) is 2. The molecule has 0 saturated heterocycles. The van der Waals surface area contributed by atoms with Crippen LogP contribution in [-0.4, -0.2) is 44.7 Å². The molecule has 9 nitrogen and oxygen atoms in total. The zero-order valence-corrected chi connectivity index (χ0v) is 10.3. The van der Waals surface area contributed by atoms with E-state index in [1.165, 1.54) is 6.92 Å². The molecular formula is C11H11N3O6. The van der Waals surface area contributed by atoms with Gasteiger partial charge in [-0.1, -0.05) is 0 Å². The van der Waals surface area contributed by atoms with Crippen LogP contribution in [0.3, 0.4) is 0 Å². The van der Waals surface area contributed by atoms with Crippen molar-refractivity contribution in [3.8, 4) is 0 Å². The van der Waals surface area contributed by atoms with Crippen molar-refractivity contribution < 1.29 is 24.2 Å². The summed E-state index contributed by atoms with van der Waals surface area (Å²) in [7, 11) is 0. The van der Waals surface area contributed by atoms with E-state index in [0.29, 0.717) is 0 Å². The van der Waals surface area contributed by atoms with Crippen LogP contribution in [0.5, 0.6) is 0 Å². The van der Waals surface area contributed by atoms with E-state index < -0.39 is 30.1 Å². The highest BCUT2D eigenvalue weighted by atomic mass is 16.4. The number of carboxylic acids is 1. The van der Waals surface area contributed by atoms with Gasteiger partial charge in [0.25, 0.3) is 11.5 Å². The van der Waals surface area contributed by atoms with Gasteiger partial charge in [0, 0.05) is 0 Å². The van der Waals surface area contributed by atoms with E-state index in [1.54, 1.807) is 0 Å². The average molecular weight is 281 g/mol. The fraction of sp³-hybridized carbons (Fsp3) is 0.273. The van der Waals surface area contributed by atoms with Gasteiger partial charge < -0.3 is 24.9 Å². The number of amides is 1.